The van der Waals surface area contributed by atoms with Crippen LogP contribution in [0, 0.1) is 0 Å². The number of nitrogens with zero attached hydrogens (tertiary/aromatic N) is 4. The molecule has 0 atom stereocenters. The zero-order valence-corrected chi connectivity index (χ0v) is 10.2. The van der Waals surface area contributed by atoms with Crippen molar-refractivity contribution >= 4 is 11.7 Å². The normalized spacial score (nSPS) is 10.1. The largest absolute Gasteiger partial charge is 0.372 e. The van der Waals surface area contributed by atoms with E-state index in [1.807, 2.05) is 13.1 Å². The molecule has 2 aromatic heterocycles. The van der Waals surface area contributed by atoms with Gasteiger partial charge in [0.1, 0.15) is 11.5 Å². The van der Waals surface area contributed by atoms with Crippen LogP contribution in [0.2, 0.25) is 0 Å². The van der Waals surface area contributed by atoms with Crippen LogP contribution in [0.5, 0.6) is 0 Å². The molecule has 0 unspecified atom stereocenters. The average Bonchev–Trinajstić information content (AvgIpc) is 2.81. The Morgan fingerprint density at radius 2 is 2.22 bits per heavy atom. The van der Waals surface area contributed by atoms with Gasteiger partial charge in [0, 0.05) is 20.3 Å². The monoisotopic (exact) mass is 246 g/mol. The van der Waals surface area contributed by atoms with Gasteiger partial charge in [-0.15, -0.1) is 0 Å². The quantitative estimate of drug-likeness (QED) is 0.804. The fourth-order valence-corrected chi connectivity index (χ4v) is 1.41. The first kappa shape index (κ1) is 12.0. The molecule has 0 spiro atoms. The summed E-state index contributed by atoms with van der Waals surface area (Å²) in [7, 11) is 3.56. The summed E-state index contributed by atoms with van der Waals surface area (Å²) < 4.78 is 1.70. The van der Waals surface area contributed by atoms with E-state index >= 15 is 0 Å². The van der Waals surface area contributed by atoms with Crippen LogP contribution in [0.1, 0.15) is 16.2 Å². The number of anilines is 1. The smallest absolute Gasteiger partial charge is 0.271 e. The third kappa shape index (κ3) is 2.62. The summed E-state index contributed by atoms with van der Waals surface area (Å²) in [6.07, 6.45) is 4.63. The molecule has 0 bridgehead atoms. The summed E-state index contributed by atoms with van der Waals surface area (Å²) in [5, 5.41) is 9.61. The minimum atomic E-state index is -0.258. The first-order valence-corrected chi connectivity index (χ1v) is 5.45. The van der Waals surface area contributed by atoms with Crippen molar-refractivity contribution < 1.29 is 4.79 Å². The Kier molecular flexibility index (Phi) is 3.52. The van der Waals surface area contributed by atoms with E-state index in [9.17, 15) is 4.79 Å². The molecule has 1 amide bonds. The highest BCUT2D eigenvalue weighted by molar-refractivity contribution is 5.91. The van der Waals surface area contributed by atoms with Gasteiger partial charge in [0.05, 0.1) is 24.6 Å². The molecule has 0 aliphatic carbocycles. The molecule has 7 heteroatoms. The zero-order valence-electron chi connectivity index (χ0n) is 10.2. The molecule has 0 saturated carbocycles. The van der Waals surface area contributed by atoms with Crippen molar-refractivity contribution in [3.8, 4) is 0 Å². The molecular formula is C11H14N6O. The van der Waals surface area contributed by atoms with Gasteiger partial charge in [0.15, 0.2) is 0 Å². The van der Waals surface area contributed by atoms with E-state index < -0.39 is 0 Å². The summed E-state index contributed by atoms with van der Waals surface area (Å²) in [5.74, 6) is 0.365. The van der Waals surface area contributed by atoms with Gasteiger partial charge < -0.3 is 10.6 Å². The molecule has 0 aromatic carbocycles. The van der Waals surface area contributed by atoms with Gasteiger partial charge in [-0.3, -0.25) is 9.48 Å². The molecule has 94 valence electrons. The van der Waals surface area contributed by atoms with Crippen molar-refractivity contribution in [3.63, 3.8) is 0 Å². The van der Waals surface area contributed by atoms with E-state index in [1.165, 1.54) is 12.4 Å². The standard InChI is InChI=1S/C11H14N6O/c1-12-10-7-13-9(6-14-10)11(18)15-5-8-3-4-16-17(8)2/h3-4,6-7H,5H2,1-2H3,(H,12,14)(H,15,18). The Labute approximate surface area is 104 Å². The van der Waals surface area contributed by atoms with Crippen molar-refractivity contribution in [2.75, 3.05) is 12.4 Å². The first-order valence-electron chi connectivity index (χ1n) is 5.45. The maximum atomic E-state index is 11.8. The molecule has 2 heterocycles. The number of hydrogen-bond donors (Lipinski definition) is 2. The van der Waals surface area contributed by atoms with Crippen molar-refractivity contribution in [1.29, 1.82) is 0 Å². The number of hydrogen-bond acceptors (Lipinski definition) is 5. The lowest BCUT2D eigenvalue weighted by Crippen LogP contribution is -2.25. The van der Waals surface area contributed by atoms with E-state index in [0.29, 0.717) is 12.4 Å². The molecule has 0 fully saturated rings. The van der Waals surface area contributed by atoms with Gasteiger partial charge >= 0.3 is 0 Å². The third-order valence-electron chi connectivity index (χ3n) is 2.49. The lowest BCUT2D eigenvalue weighted by Gasteiger charge is -2.05. The van der Waals surface area contributed by atoms with Crippen LogP contribution in [-0.2, 0) is 13.6 Å². The summed E-state index contributed by atoms with van der Waals surface area (Å²) in [6, 6.07) is 1.84. The number of nitrogens with one attached hydrogen (secondary N) is 2. The van der Waals surface area contributed by atoms with E-state index in [0.717, 1.165) is 5.69 Å². The number of aryl methyl sites for hydroxylation is 1. The average molecular weight is 246 g/mol. The lowest BCUT2D eigenvalue weighted by atomic mass is 10.3. The van der Waals surface area contributed by atoms with E-state index in [2.05, 4.69) is 25.7 Å². The van der Waals surface area contributed by atoms with Crippen LogP contribution in [0.4, 0.5) is 5.82 Å². The SMILES string of the molecule is CNc1cnc(C(=O)NCc2ccnn2C)cn1. The van der Waals surface area contributed by atoms with Crippen molar-refractivity contribution in [1.82, 2.24) is 25.1 Å². The van der Waals surface area contributed by atoms with Gasteiger partial charge in [-0.2, -0.15) is 5.10 Å². The minimum absolute atomic E-state index is 0.258. The fourth-order valence-electron chi connectivity index (χ4n) is 1.41. The van der Waals surface area contributed by atoms with Crippen molar-refractivity contribution in [3.05, 3.63) is 36.0 Å². The number of amides is 1. The van der Waals surface area contributed by atoms with Gasteiger partial charge in [0.25, 0.3) is 5.91 Å². The third-order valence-corrected chi connectivity index (χ3v) is 2.49. The number of aromatic nitrogens is 4. The topological polar surface area (TPSA) is 84.7 Å². The zero-order chi connectivity index (χ0) is 13.0. The Balaban J connectivity index is 1.97. The molecule has 0 aliphatic heterocycles. The van der Waals surface area contributed by atoms with Crippen LogP contribution in [0.25, 0.3) is 0 Å². The van der Waals surface area contributed by atoms with E-state index in [1.54, 1.807) is 17.9 Å². The summed E-state index contributed by atoms with van der Waals surface area (Å²) in [6.45, 7) is 0.408. The number of rotatable bonds is 4. The summed E-state index contributed by atoms with van der Waals surface area (Å²) in [5.41, 5.74) is 1.21. The molecule has 2 rings (SSSR count). The maximum absolute atomic E-state index is 11.8. The van der Waals surface area contributed by atoms with Crippen LogP contribution in [0.15, 0.2) is 24.7 Å². The van der Waals surface area contributed by atoms with E-state index in [-0.39, 0.29) is 11.6 Å². The highest BCUT2D eigenvalue weighted by Gasteiger charge is 2.08. The second-order valence-corrected chi connectivity index (χ2v) is 3.67. The summed E-state index contributed by atoms with van der Waals surface area (Å²) in [4.78, 5) is 19.8. The van der Waals surface area contributed by atoms with Gasteiger partial charge in [-0.05, 0) is 6.07 Å². The molecule has 0 radical (unpaired) electrons. The number of carbonyl (C=O) groups is 1. The van der Waals surface area contributed by atoms with E-state index in [4.69, 9.17) is 0 Å². The maximum Gasteiger partial charge on any atom is 0.271 e. The predicted octanol–water partition coefficient (Wildman–Crippen LogP) is 0.182. The fraction of sp³-hybridized carbons (Fsp3) is 0.273. The van der Waals surface area contributed by atoms with Crippen molar-refractivity contribution in [2.24, 2.45) is 7.05 Å². The molecule has 7 nitrogen and oxygen atoms in total. The first-order chi connectivity index (χ1) is 8.70. The Hall–Kier alpha value is -2.44. The molecule has 2 N–H and O–H groups in total. The van der Waals surface area contributed by atoms with Crippen LogP contribution < -0.4 is 10.6 Å². The molecular weight excluding hydrogens is 232 g/mol. The highest BCUT2D eigenvalue weighted by atomic mass is 16.1. The Morgan fingerprint density at radius 1 is 1.39 bits per heavy atom. The second kappa shape index (κ2) is 5.26. The van der Waals surface area contributed by atoms with Crippen LogP contribution in [0.3, 0.4) is 0 Å². The van der Waals surface area contributed by atoms with Gasteiger partial charge in [0.2, 0.25) is 0 Å². The summed E-state index contributed by atoms with van der Waals surface area (Å²) >= 11 is 0. The Bertz CT molecular complexity index is 533. The van der Waals surface area contributed by atoms with Gasteiger partial charge in [-0.25, -0.2) is 9.97 Å². The second-order valence-electron chi connectivity index (χ2n) is 3.67. The lowest BCUT2D eigenvalue weighted by molar-refractivity contribution is 0.0944. The number of carbonyl (C=O) groups excluding carboxylic acids is 1. The molecule has 2 aromatic rings. The van der Waals surface area contributed by atoms with Crippen molar-refractivity contribution in [2.45, 2.75) is 6.54 Å². The van der Waals surface area contributed by atoms with Crippen LogP contribution >= 0.6 is 0 Å². The molecule has 0 saturated heterocycles. The molecule has 0 aliphatic rings. The predicted molar refractivity (Wildman–Crippen MR) is 66.0 cm³/mol. The Morgan fingerprint density at radius 3 is 2.78 bits per heavy atom. The van der Waals surface area contributed by atoms with Gasteiger partial charge in [-0.1, -0.05) is 0 Å². The minimum Gasteiger partial charge on any atom is -0.372 e. The molecule has 18 heavy (non-hydrogen) atoms. The van der Waals surface area contributed by atoms with Crippen LogP contribution in [-0.4, -0.2) is 32.7 Å². The highest BCUT2D eigenvalue weighted by Crippen LogP contribution is 2.00.